The quantitative estimate of drug-likeness (QED) is 0.725. The zero-order valence-corrected chi connectivity index (χ0v) is 13.3. The number of H-pyrrole nitrogens is 1. The van der Waals surface area contributed by atoms with Crippen LogP contribution in [0.25, 0.3) is 11.0 Å². The Morgan fingerprint density at radius 3 is 2.86 bits per heavy atom. The van der Waals surface area contributed by atoms with Crippen LogP contribution in [-0.4, -0.2) is 22.1 Å². The average Bonchev–Trinajstić information content (AvgIpc) is 2.96. The van der Waals surface area contributed by atoms with Crippen LogP contribution in [0.2, 0.25) is 0 Å². The molecule has 3 rings (SSSR count). The maximum atomic E-state index is 12.4. The number of nitrogens with zero attached hydrogens (tertiary/aromatic N) is 1. The summed E-state index contributed by atoms with van der Waals surface area (Å²) in [5.41, 5.74) is 3.57. The third-order valence-corrected chi connectivity index (χ3v) is 4.27. The van der Waals surface area contributed by atoms with Gasteiger partial charge in [0.15, 0.2) is 0 Å². The first kappa shape index (κ1) is 14.7. The normalized spacial score (nSPS) is 10.8. The van der Waals surface area contributed by atoms with Crippen molar-refractivity contribution in [3.8, 4) is 0 Å². The lowest BCUT2D eigenvalue weighted by Gasteiger charge is -2.08. The Morgan fingerprint density at radius 1 is 1.27 bits per heavy atom. The third-order valence-electron chi connectivity index (χ3n) is 3.54. The lowest BCUT2D eigenvalue weighted by atomic mass is 10.1. The SMILES string of the molecule is CSc1ccc(C)c(C(=O)NCc2nc3ccccc3[nH]2)c1. The smallest absolute Gasteiger partial charge is 0.251 e. The highest BCUT2D eigenvalue weighted by Crippen LogP contribution is 2.19. The average molecular weight is 311 g/mol. The molecule has 0 aliphatic rings. The Hall–Kier alpha value is -2.27. The summed E-state index contributed by atoms with van der Waals surface area (Å²) in [7, 11) is 0. The number of hydrogen-bond acceptors (Lipinski definition) is 3. The van der Waals surface area contributed by atoms with Gasteiger partial charge in [-0.3, -0.25) is 4.79 Å². The number of carbonyl (C=O) groups excluding carboxylic acids is 1. The van der Waals surface area contributed by atoms with Gasteiger partial charge in [0.1, 0.15) is 5.82 Å². The van der Waals surface area contributed by atoms with Crippen molar-refractivity contribution < 1.29 is 4.79 Å². The van der Waals surface area contributed by atoms with E-state index >= 15 is 0 Å². The molecule has 0 atom stereocenters. The molecule has 4 nitrogen and oxygen atoms in total. The highest BCUT2D eigenvalue weighted by atomic mass is 32.2. The molecule has 0 aliphatic heterocycles. The molecule has 0 bridgehead atoms. The fourth-order valence-corrected chi connectivity index (χ4v) is 2.76. The summed E-state index contributed by atoms with van der Waals surface area (Å²) in [6.45, 7) is 2.33. The molecular formula is C17H17N3OS. The summed E-state index contributed by atoms with van der Waals surface area (Å²) in [4.78, 5) is 21.1. The van der Waals surface area contributed by atoms with Crippen LogP contribution in [0.1, 0.15) is 21.7 Å². The van der Waals surface area contributed by atoms with Crippen LogP contribution in [0.3, 0.4) is 0 Å². The van der Waals surface area contributed by atoms with Crippen LogP contribution < -0.4 is 5.32 Å². The highest BCUT2D eigenvalue weighted by Gasteiger charge is 2.10. The van der Waals surface area contributed by atoms with Crippen molar-refractivity contribution in [2.24, 2.45) is 0 Å². The largest absolute Gasteiger partial charge is 0.345 e. The van der Waals surface area contributed by atoms with Gasteiger partial charge in [0.25, 0.3) is 5.91 Å². The van der Waals surface area contributed by atoms with Gasteiger partial charge in [0.05, 0.1) is 17.6 Å². The molecule has 0 spiro atoms. The lowest BCUT2D eigenvalue weighted by Crippen LogP contribution is -2.24. The van der Waals surface area contributed by atoms with Crippen LogP contribution in [0.4, 0.5) is 0 Å². The summed E-state index contributed by atoms with van der Waals surface area (Å²) in [5, 5.41) is 2.93. The zero-order chi connectivity index (χ0) is 15.5. The molecule has 22 heavy (non-hydrogen) atoms. The van der Waals surface area contributed by atoms with E-state index < -0.39 is 0 Å². The number of imidazole rings is 1. The van der Waals surface area contributed by atoms with E-state index in [2.05, 4.69) is 15.3 Å². The Balaban J connectivity index is 1.74. The van der Waals surface area contributed by atoms with E-state index in [1.807, 2.05) is 55.6 Å². The van der Waals surface area contributed by atoms with E-state index in [4.69, 9.17) is 0 Å². The number of aromatic nitrogens is 2. The van der Waals surface area contributed by atoms with Gasteiger partial charge in [0, 0.05) is 10.5 Å². The predicted molar refractivity (Wildman–Crippen MR) is 90.2 cm³/mol. The van der Waals surface area contributed by atoms with Gasteiger partial charge in [-0.1, -0.05) is 18.2 Å². The van der Waals surface area contributed by atoms with Crippen LogP contribution >= 0.6 is 11.8 Å². The van der Waals surface area contributed by atoms with Crippen molar-refractivity contribution in [1.82, 2.24) is 15.3 Å². The highest BCUT2D eigenvalue weighted by molar-refractivity contribution is 7.98. The summed E-state index contributed by atoms with van der Waals surface area (Å²) in [6, 6.07) is 13.7. The molecule has 5 heteroatoms. The second-order valence-electron chi connectivity index (χ2n) is 5.06. The molecule has 0 aliphatic carbocycles. The van der Waals surface area contributed by atoms with Gasteiger partial charge in [-0.25, -0.2) is 4.98 Å². The van der Waals surface area contributed by atoms with Gasteiger partial charge in [-0.15, -0.1) is 11.8 Å². The number of aryl methyl sites for hydroxylation is 1. The van der Waals surface area contributed by atoms with Gasteiger partial charge in [-0.05, 0) is 43.0 Å². The second-order valence-corrected chi connectivity index (χ2v) is 5.94. The Labute approximate surface area is 133 Å². The van der Waals surface area contributed by atoms with Crippen molar-refractivity contribution in [2.45, 2.75) is 18.4 Å². The molecule has 0 saturated heterocycles. The Bertz CT molecular complexity index is 793. The van der Waals surface area contributed by atoms with Crippen LogP contribution in [0.15, 0.2) is 47.4 Å². The Morgan fingerprint density at radius 2 is 2.09 bits per heavy atom. The summed E-state index contributed by atoms with van der Waals surface area (Å²) in [5.74, 6) is 0.682. The number of amides is 1. The number of para-hydroxylation sites is 2. The molecule has 1 amide bonds. The molecular weight excluding hydrogens is 294 g/mol. The number of hydrogen-bond donors (Lipinski definition) is 2. The van der Waals surface area contributed by atoms with Gasteiger partial charge >= 0.3 is 0 Å². The van der Waals surface area contributed by atoms with Crippen molar-refractivity contribution in [3.05, 3.63) is 59.4 Å². The summed E-state index contributed by atoms with van der Waals surface area (Å²) >= 11 is 1.63. The lowest BCUT2D eigenvalue weighted by molar-refractivity contribution is 0.0949. The minimum absolute atomic E-state index is 0.0751. The van der Waals surface area contributed by atoms with Crippen molar-refractivity contribution in [3.63, 3.8) is 0 Å². The zero-order valence-electron chi connectivity index (χ0n) is 12.5. The number of rotatable bonds is 4. The van der Waals surface area contributed by atoms with E-state index in [1.54, 1.807) is 11.8 Å². The van der Waals surface area contributed by atoms with Crippen molar-refractivity contribution >= 4 is 28.7 Å². The minimum Gasteiger partial charge on any atom is -0.345 e. The van der Waals surface area contributed by atoms with E-state index in [0.29, 0.717) is 12.1 Å². The van der Waals surface area contributed by atoms with Crippen molar-refractivity contribution in [2.75, 3.05) is 6.26 Å². The van der Waals surface area contributed by atoms with E-state index in [-0.39, 0.29) is 5.91 Å². The second kappa shape index (κ2) is 6.23. The number of aromatic amines is 1. The maximum absolute atomic E-state index is 12.4. The maximum Gasteiger partial charge on any atom is 0.251 e. The molecule has 1 heterocycles. The first-order chi connectivity index (χ1) is 10.7. The van der Waals surface area contributed by atoms with Gasteiger partial charge in [-0.2, -0.15) is 0 Å². The molecule has 3 aromatic rings. The van der Waals surface area contributed by atoms with E-state index in [1.165, 1.54) is 0 Å². The molecule has 2 N–H and O–H groups in total. The molecule has 0 radical (unpaired) electrons. The number of thioether (sulfide) groups is 1. The minimum atomic E-state index is -0.0751. The van der Waals surface area contributed by atoms with Crippen LogP contribution in [0.5, 0.6) is 0 Å². The van der Waals surface area contributed by atoms with Gasteiger partial charge < -0.3 is 10.3 Å². The predicted octanol–water partition coefficient (Wildman–Crippen LogP) is 3.52. The molecule has 1 aromatic heterocycles. The summed E-state index contributed by atoms with van der Waals surface area (Å²) < 4.78 is 0. The fourth-order valence-electron chi connectivity index (χ4n) is 2.32. The van der Waals surface area contributed by atoms with E-state index in [9.17, 15) is 4.79 Å². The van der Waals surface area contributed by atoms with Crippen molar-refractivity contribution in [1.29, 1.82) is 0 Å². The molecule has 0 saturated carbocycles. The molecule has 2 aromatic carbocycles. The third kappa shape index (κ3) is 2.99. The molecule has 112 valence electrons. The number of nitrogens with one attached hydrogen (secondary N) is 2. The van der Waals surface area contributed by atoms with E-state index in [0.717, 1.165) is 27.3 Å². The van der Waals surface area contributed by atoms with Crippen LogP contribution in [-0.2, 0) is 6.54 Å². The fraction of sp³-hybridized carbons (Fsp3) is 0.176. The molecule has 0 fully saturated rings. The first-order valence-corrected chi connectivity index (χ1v) is 8.26. The van der Waals surface area contributed by atoms with Gasteiger partial charge in [0.2, 0.25) is 0 Å². The number of carbonyl (C=O) groups is 1. The first-order valence-electron chi connectivity index (χ1n) is 7.04. The number of benzene rings is 2. The molecule has 0 unspecified atom stereocenters. The van der Waals surface area contributed by atoms with Crippen LogP contribution in [0, 0.1) is 6.92 Å². The Kier molecular flexibility index (Phi) is 4.15. The summed E-state index contributed by atoms with van der Waals surface area (Å²) in [6.07, 6.45) is 2.00. The standard InChI is InChI=1S/C17H17N3OS/c1-11-7-8-12(22-2)9-13(11)17(21)18-10-16-19-14-5-3-4-6-15(14)20-16/h3-9H,10H2,1-2H3,(H,18,21)(H,19,20). The topological polar surface area (TPSA) is 57.8 Å². The monoisotopic (exact) mass is 311 g/mol. The number of fused-ring (bicyclic) bond motifs is 1.